The van der Waals surface area contributed by atoms with E-state index in [4.69, 9.17) is 9.47 Å². The van der Waals surface area contributed by atoms with Gasteiger partial charge in [0.25, 0.3) is 0 Å². The number of ketones is 1. The first kappa shape index (κ1) is 13.1. The van der Waals surface area contributed by atoms with Crippen molar-refractivity contribution < 1.29 is 14.3 Å². The molecule has 0 radical (unpaired) electrons. The zero-order chi connectivity index (χ0) is 13.7. The average Bonchev–Trinajstić information content (AvgIpc) is 2.40. The third-order valence-corrected chi connectivity index (χ3v) is 2.75. The molecule has 2 aromatic rings. The van der Waals surface area contributed by atoms with Crippen molar-refractivity contribution in [3.8, 4) is 11.5 Å². The second kappa shape index (κ2) is 5.57. The van der Waals surface area contributed by atoms with E-state index < -0.39 is 5.79 Å². The largest absolute Gasteiger partial charge is 0.446 e. The zero-order valence-corrected chi connectivity index (χ0v) is 11.0. The number of hydrogen-bond acceptors (Lipinski definition) is 3. The SMILES string of the molecule is CC(=O)C(C)(Oc1ccccc1)Oc1ccccc1. The number of rotatable bonds is 5. The van der Waals surface area contributed by atoms with Crippen molar-refractivity contribution in [2.24, 2.45) is 0 Å². The second-order valence-electron chi connectivity index (χ2n) is 4.33. The number of carbonyl (C=O) groups excluding carboxylic acids is 1. The Hall–Kier alpha value is -2.29. The number of Topliss-reactive ketones (excluding diaryl/α,β-unsaturated/α-hetero) is 1. The summed E-state index contributed by atoms with van der Waals surface area (Å²) in [6, 6.07) is 18.3. The van der Waals surface area contributed by atoms with Crippen LogP contribution in [0.1, 0.15) is 13.8 Å². The van der Waals surface area contributed by atoms with Crippen molar-refractivity contribution in [2.45, 2.75) is 19.6 Å². The van der Waals surface area contributed by atoms with Crippen molar-refractivity contribution in [3.05, 3.63) is 60.7 Å². The normalized spacial score (nSPS) is 10.8. The number of benzene rings is 2. The van der Waals surface area contributed by atoms with Gasteiger partial charge in [0.15, 0.2) is 0 Å². The lowest BCUT2D eigenvalue weighted by molar-refractivity contribution is -0.156. The topological polar surface area (TPSA) is 35.5 Å². The highest BCUT2D eigenvalue weighted by Crippen LogP contribution is 2.23. The van der Waals surface area contributed by atoms with Gasteiger partial charge in [0.2, 0.25) is 5.78 Å². The summed E-state index contributed by atoms with van der Waals surface area (Å²) in [6.07, 6.45) is 0. The van der Waals surface area contributed by atoms with E-state index in [1.54, 1.807) is 31.2 Å². The molecule has 19 heavy (non-hydrogen) atoms. The quantitative estimate of drug-likeness (QED) is 0.769. The van der Waals surface area contributed by atoms with Gasteiger partial charge in [-0.15, -0.1) is 0 Å². The minimum atomic E-state index is -1.33. The maximum Gasteiger partial charge on any atom is 0.307 e. The highest BCUT2D eigenvalue weighted by molar-refractivity contribution is 5.83. The van der Waals surface area contributed by atoms with E-state index in [9.17, 15) is 4.79 Å². The fourth-order valence-electron chi connectivity index (χ4n) is 1.59. The molecule has 0 aliphatic heterocycles. The molecule has 0 aromatic heterocycles. The summed E-state index contributed by atoms with van der Waals surface area (Å²) in [5.74, 6) is -0.338. The summed E-state index contributed by atoms with van der Waals surface area (Å²) in [4.78, 5) is 11.8. The lowest BCUT2D eigenvalue weighted by Crippen LogP contribution is -2.45. The van der Waals surface area contributed by atoms with Crippen LogP contribution in [-0.2, 0) is 4.79 Å². The van der Waals surface area contributed by atoms with Crippen LogP contribution in [0.3, 0.4) is 0 Å². The Bertz CT molecular complexity index is 493. The zero-order valence-electron chi connectivity index (χ0n) is 11.0. The number of para-hydroxylation sites is 2. The summed E-state index contributed by atoms with van der Waals surface area (Å²) >= 11 is 0. The van der Waals surface area contributed by atoms with Crippen LogP contribution in [0.2, 0.25) is 0 Å². The lowest BCUT2D eigenvalue weighted by atomic mass is 10.2. The molecule has 2 rings (SSSR count). The summed E-state index contributed by atoms with van der Waals surface area (Å²) in [5.41, 5.74) is 0. The van der Waals surface area contributed by atoms with Gasteiger partial charge in [-0.1, -0.05) is 36.4 Å². The van der Waals surface area contributed by atoms with Gasteiger partial charge in [-0.3, -0.25) is 4.79 Å². The Kier molecular flexibility index (Phi) is 3.85. The van der Waals surface area contributed by atoms with Crippen LogP contribution in [0.5, 0.6) is 11.5 Å². The molecule has 0 amide bonds. The predicted octanol–water partition coefficient (Wildman–Crippen LogP) is 3.45. The molecular formula is C16H16O3. The number of carbonyl (C=O) groups is 1. The van der Waals surface area contributed by atoms with E-state index in [1.807, 2.05) is 36.4 Å². The van der Waals surface area contributed by atoms with Crippen LogP contribution in [0.15, 0.2) is 60.7 Å². The first-order valence-corrected chi connectivity index (χ1v) is 6.09. The second-order valence-corrected chi connectivity index (χ2v) is 4.33. The third-order valence-electron chi connectivity index (χ3n) is 2.75. The predicted molar refractivity (Wildman–Crippen MR) is 73.2 cm³/mol. The Morgan fingerprint density at radius 3 is 1.53 bits per heavy atom. The van der Waals surface area contributed by atoms with Gasteiger partial charge in [0.05, 0.1) is 0 Å². The van der Waals surface area contributed by atoms with Crippen molar-refractivity contribution in [1.29, 1.82) is 0 Å². The van der Waals surface area contributed by atoms with Gasteiger partial charge in [-0.2, -0.15) is 0 Å². The monoisotopic (exact) mass is 256 g/mol. The van der Waals surface area contributed by atoms with Crippen molar-refractivity contribution in [2.75, 3.05) is 0 Å². The van der Waals surface area contributed by atoms with Crippen LogP contribution in [0.25, 0.3) is 0 Å². The summed E-state index contributed by atoms with van der Waals surface area (Å²) in [7, 11) is 0. The Morgan fingerprint density at radius 2 is 1.21 bits per heavy atom. The smallest absolute Gasteiger partial charge is 0.307 e. The fraction of sp³-hybridized carbons (Fsp3) is 0.188. The van der Waals surface area contributed by atoms with Gasteiger partial charge >= 0.3 is 5.79 Å². The molecule has 0 heterocycles. The Balaban J connectivity index is 2.21. The van der Waals surface area contributed by atoms with Crippen molar-refractivity contribution >= 4 is 5.78 Å². The molecule has 0 saturated carbocycles. The molecule has 3 heteroatoms. The molecule has 0 saturated heterocycles. The molecule has 0 bridgehead atoms. The number of ether oxygens (including phenoxy) is 2. The van der Waals surface area contributed by atoms with E-state index in [-0.39, 0.29) is 5.78 Å². The number of hydrogen-bond donors (Lipinski definition) is 0. The first-order valence-electron chi connectivity index (χ1n) is 6.09. The van der Waals surface area contributed by atoms with E-state index in [0.29, 0.717) is 11.5 Å². The minimum absolute atomic E-state index is 0.194. The van der Waals surface area contributed by atoms with E-state index in [2.05, 4.69) is 0 Å². The maximum atomic E-state index is 11.8. The molecular weight excluding hydrogens is 240 g/mol. The summed E-state index contributed by atoms with van der Waals surface area (Å²) < 4.78 is 11.4. The molecule has 0 aliphatic carbocycles. The molecule has 98 valence electrons. The van der Waals surface area contributed by atoms with Gasteiger partial charge in [-0.05, 0) is 24.3 Å². The van der Waals surface area contributed by atoms with Crippen LogP contribution >= 0.6 is 0 Å². The van der Waals surface area contributed by atoms with Crippen LogP contribution in [0.4, 0.5) is 0 Å². The third kappa shape index (κ3) is 3.35. The summed E-state index contributed by atoms with van der Waals surface area (Å²) in [5, 5.41) is 0. The van der Waals surface area contributed by atoms with Gasteiger partial charge in [0, 0.05) is 13.8 Å². The first-order chi connectivity index (χ1) is 9.10. The van der Waals surface area contributed by atoms with E-state index in [1.165, 1.54) is 6.92 Å². The standard InChI is InChI=1S/C16H16O3/c1-13(17)16(2,18-14-9-5-3-6-10-14)19-15-11-7-4-8-12-15/h3-12H,1-2H3. The Morgan fingerprint density at radius 1 is 0.842 bits per heavy atom. The van der Waals surface area contributed by atoms with E-state index >= 15 is 0 Å². The summed E-state index contributed by atoms with van der Waals surface area (Å²) in [6.45, 7) is 3.07. The van der Waals surface area contributed by atoms with Gasteiger partial charge in [0.1, 0.15) is 11.5 Å². The molecule has 2 aromatic carbocycles. The van der Waals surface area contributed by atoms with Crippen molar-refractivity contribution in [1.82, 2.24) is 0 Å². The average molecular weight is 256 g/mol. The molecule has 0 unspecified atom stereocenters. The highest BCUT2D eigenvalue weighted by atomic mass is 16.7. The Labute approximate surface area is 112 Å². The lowest BCUT2D eigenvalue weighted by Gasteiger charge is -2.28. The molecule has 0 aliphatic rings. The fourth-order valence-corrected chi connectivity index (χ4v) is 1.59. The molecule has 0 fully saturated rings. The van der Waals surface area contributed by atoms with Crippen LogP contribution in [-0.4, -0.2) is 11.6 Å². The van der Waals surface area contributed by atoms with E-state index in [0.717, 1.165) is 0 Å². The molecule has 3 nitrogen and oxygen atoms in total. The van der Waals surface area contributed by atoms with Crippen molar-refractivity contribution in [3.63, 3.8) is 0 Å². The minimum Gasteiger partial charge on any atom is -0.446 e. The van der Waals surface area contributed by atoms with Gasteiger partial charge in [-0.25, -0.2) is 0 Å². The molecule has 0 spiro atoms. The highest BCUT2D eigenvalue weighted by Gasteiger charge is 2.34. The molecule has 0 N–H and O–H groups in total. The molecule has 0 atom stereocenters. The van der Waals surface area contributed by atoms with Gasteiger partial charge < -0.3 is 9.47 Å². The maximum absolute atomic E-state index is 11.8. The van der Waals surface area contributed by atoms with Crippen LogP contribution in [0, 0.1) is 0 Å². The van der Waals surface area contributed by atoms with Crippen LogP contribution < -0.4 is 9.47 Å².